The molecule has 0 heterocycles. The zero-order valence-corrected chi connectivity index (χ0v) is 18.5. The van der Waals surface area contributed by atoms with Crippen LogP contribution in [0, 0.1) is 10.1 Å². The molecule has 3 aromatic carbocycles. The van der Waals surface area contributed by atoms with Gasteiger partial charge in [-0.05, 0) is 66.8 Å². The van der Waals surface area contributed by atoms with E-state index >= 15 is 0 Å². The first kappa shape index (κ1) is 23.6. The maximum Gasteiger partial charge on any atom is 0.276 e. The number of ether oxygens (including phenoxy) is 2. The van der Waals surface area contributed by atoms with Crippen molar-refractivity contribution in [2.45, 2.75) is 25.9 Å². The number of benzene rings is 3. The highest BCUT2D eigenvalue weighted by Gasteiger charge is 2.12. The average Bonchev–Trinajstić information content (AvgIpc) is 2.83. The van der Waals surface area contributed by atoms with Crippen LogP contribution in [-0.2, 0) is 6.61 Å². The third-order valence-electron chi connectivity index (χ3n) is 5.00. The SMILES string of the molecule is COc1ccc(COc2ccc([N+](=O)[O-])c(/C=C/CCC/C=C/c3ccc(O)cc3)c2)cc1. The summed E-state index contributed by atoms with van der Waals surface area (Å²) in [5, 5.41) is 20.7. The fourth-order valence-electron chi connectivity index (χ4n) is 3.18. The molecular formula is C27H27NO5. The van der Waals surface area contributed by atoms with Gasteiger partial charge in [0.2, 0.25) is 0 Å². The van der Waals surface area contributed by atoms with E-state index in [9.17, 15) is 15.2 Å². The third-order valence-corrected chi connectivity index (χ3v) is 5.00. The first-order chi connectivity index (χ1) is 16.0. The van der Waals surface area contributed by atoms with Crippen LogP contribution in [0.3, 0.4) is 0 Å². The summed E-state index contributed by atoms with van der Waals surface area (Å²) in [6.45, 7) is 0.359. The minimum atomic E-state index is -0.382. The first-order valence-electron chi connectivity index (χ1n) is 10.7. The van der Waals surface area contributed by atoms with Crippen molar-refractivity contribution in [3.63, 3.8) is 0 Å². The smallest absolute Gasteiger partial charge is 0.276 e. The van der Waals surface area contributed by atoms with E-state index < -0.39 is 0 Å². The molecule has 0 spiro atoms. The number of allylic oxidation sites excluding steroid dienone is 2. The summed E-state index contributed by atoms with van der Waals surface area (Å²) in [6, 6.07) is 19.4. The lowest BCUT2D eigenvalue weighted by atomic mass is 10.1. The van der Waals surface area contributed by atoms with Crippen LogP contribution < -0.4 is 9.47 Å². The maximum absolute atomic E-state index is 11.4. The molecular weight excluding hydrogens is 418 g/mol. The van der Waals surface area contributed by atoms with Gasteiger partial charge in [-0.15, -0.1) is 0 Å². The molecule has 6 nitrogen and oxygen atoms in total. The Morgan fingerprint density at radius 1 is 0.909 bits per heavy atom. The zero-order valence-electron chi connectivity index (χ0n) is 18.5. The molecule has 0 atom stereocenters. The summed E-state index contributed by atoms with van der Waals surface area (Å²) in [5.41, 5.74) is 2.58. The topological polar surface area (TPSA) is 81.8 Å². The fourth-order valence-corrected chi connectivity index (χ4v) is 3.18. The molecule has 3 aromatic rings. The van der Waals surface area contributed by atoms with Crippen molar-refractivity contribution in [2.75, 3.05) is 7.11 Å². The first-order valence-corrected chi connectivity index (χ1v) is 10.7. The number of hydrogen-bond donors (Lipinski definition) is 1. The van der Waals surface area contributed by atoms with E-state index in [0.717, 1.165) is 36.1 Å². The predicted molar refractivity (Wildman–Crippen MR) is 130 cm³/mol. The maximum atomic E-state index is 11.4. The summed E-state index contributed by atoms with van der Waals surface area (Å²) in [5.74, 6) is 1.60. The number of nitro groups is 1. The molecule has 1 N–H and O–H groups in total. The van der Waals surface area contributed by atoms with Gasteiger partial charge in [0.1, 0.15) is 23.9 Å². The lowest BCUT2D eigenvalue weighted by Gasteiger charge is -2.08. The zero-order chi connectivity index (χ0) is 23.5. The van der Waals surface area contributed by atoms with E-state index in [2.05, 4.69) is 6.08 Å². The van der Waals surface area contributed by atoms with Crippen molar-refractivity contribution < 1.29 is 19.5 Å². The van der Waals surface area contributed by atoms with E-state index in [1.165, 1.54) is 6.07 Å². The molecule has 33 heavy (non-hydrogen) atoms. The van der Waals surface area contributed by atoms with Crippen molar-refractivity contribution in [1.82, 2.24) is 0 Å². The van der Waals surface area contributed by atoms with Gasteiger partial charge in [0.25, 0.3) is 5.69 Å². The quantitative estimate of drug-likeness (QED) is 0.200. The average molecular weight is 446 g/mol. The van der Waals surface area contributed by atoms with E-state index in [4.69, 9.17) is 9.47 Å². The van der Waals surface area contributed by atoms with Crippen molar-refractivity contribution in [3.8, 4) is 17.2 Å². The lowest BCUT2D eigenvalue weighted by molar-refractivity contribution is -0.385. The van der Waals surface area contributed by atoms with Gasteiger partial charge < -0.3 is 14.6 Å². The Hall–Kier alpha value is -4.06. The molecule has 0 radical (unpaired) electrons. The van der Waals surface area contributed by atoms with Crippen LogP contribution in [0.5, 0.6) is 17.2 Å². The van der Waals surface area contributed by atoms with Crippen molar-refractivity contribution in [3.05, 3.63) is 106 Å². The van der Waals surface area contributed by atoms with Gasteiger partial charge in [-0.3, -0.25) is 10.1 Å². The molecule has 0 saturated carbocycles. The van der Waals surface area contributed by atoms with Crippen LogP contribution in [0.4, 0.5) is 5.69 Å². The van der Waals surface area contributed by atoms with Crippen LogP contribution in [0.25, 0.3) is 12.2 Å². The van der Waals surface area contributed by atoms with E-state index in [1.807, 2.05) is 48.6 Å². The van der Waals surface area contributed by atoms with Crippen LogP contribution in [-0.4, -0.2) is 17.1 Å². The van der Waals surface area contributed by atoms with Crippen LogP contribution in [0.15, 0.2) is 78.9 Å². The van der Waals surface area contributed by atoms with Crippen LogP contribution in [0.2, 0.25) is 0 Å². The molecule has 0 amide bonds. The summed E-state index contributed by atoms with van der Waals surface area (Å²) >= 11 is 0. The third kappa shape index (κ3) is 7.54. The number of phenols is 1. The molecule has 170 valence electrons. The van der Waals surface area contributed by atoms with Gasteiger partial charge in [-0.2, -0.15) is 0 Å². The monoisotopic (exact) mass is 445 g/mol. The standard InChI is InChI=1S/C27H27NO5/c1-32-25-15-11-22(12-16-25)20-33-26-17-18-27(28(30)31)23(19-26)8-6-4-2-3-5-7-21-9-13-24(29)14-10-21/h5-19,29H,2-4,20H2,1H3/b7-5+,8-6+. The largest absolute Gasteiger partial charge is 0.508 e. The molecule has 0 fully saturated rings. The predicted octanol–water partition coefficient (Wildman–Crippen LogP) is 6.78. The minimum absolute atomic E-state index is 0.0512. The fraction of sp³-hybridized carbons (Fsp3) is 0.185. The second-order valence-electron chi connectivity index (χ2n) is 7.44. The highest BCUT2D eigenvalue weighted by atomic mass is 16.6. The number of hydrogen-bond acceptors (Lipinski definition) is 5. The van der Waals surface area contributed by atoms with Crippen LogP contribution in [0.1, 0.15) is 36.0 Å². The molecule has 0 saturated heterocycles. The molecule has 0 bridgehead atoms. The highest BCUT2D eigenvalue weighted by molar-refractivity contribution is 5.63. The Morgan fingerprint density at radius 3 is 2.24 bits per heavy atom. The molecule has 3 rings (SSSR count). The molecule has 0 aromatic heterocycles. The van der Waals surface area contributed by atoms with Crippen molar-refractivity contribution in [2.24, 2.45) is 0 Å². The van der Waals surface area contributed by atoms with Crippen LogP contribution >= 0.6 is 0 Å². The Labute approximate surface area is 193 Å². The Kier molecular flexibility index (Phi) is 8.65. The van der Waals surface area contributed by atoms with Gasteiger partial charge in [0, 0.05) is 6.07 Å². The Morgan fingerprint density at radius 2 is 1.58 bits per heavy atom. The Bertz CT molecular complexity index is 1100. The number of aromatic hydroxyl groups is 1. The Balaban J connectivity index is 1.54. The summed E-state index contributed by atoms with van der Waals surface area (Å²) < 4.78 is 11.0. The normalized spacial score (nSPS) is 11.2. The molecule has 6 heteroatoms. The summed E-state index contributed by atoms with van der Waals surface area (Å²) in [6.07, 6.45) is 10.4. The van der Waals surface area contributed by atoms with E-state index in [0.29, 0.717) is 17.9 Å². The molecule has 0 aliphatic rings. The van der Waals surface area contributed by atoms with Crippen molar-refractivity contribution >= 4 is 17.8 Å². The van der Waals surface area contributed by atoms with Gasteiger partial charge >= 0.3 is 0 Å². The molecule has 0 aliphatic carbocycles. The van der Waals surface area contributed by atoms with Gasteiger partial charge in [-0.1, -0.05) is 48.6 Å². The molecule has 0 aliphatic heterocycles. The highest BCUT2D eigenvalue weighted by Crippen LogP contribution is 2.26. The summed E-state index contributed by atoms with van der Waals surface area (Å²) in [4.78, 5) is 11.0. The number of nitrogens with zero attached hydrogens (tertiary/aromatic N) is 1. The van der Waals surface area contributed by atoms with E-state index in [1.54, 1.807) is 37.5 Å². The number of unbranched alkanes of at least 4 members (excludes halogenated alkanes) is 2. The van der Waals surface area contributed by atoms with Gasteiger partial charge in [0.05, 0.1) is 17.6 Å². The van der Waals surface area contributed by atoms with Gasteiger partial charge in [-0.25, -0.2) is 0 Å². The molecule has 0 unspecified atom stereocenters. The number of nitro benzene ring substituents is 1. The number of phenolic OH excluding ortho intramolecular Hbond substituents is 1. The minimum Gasteiger partial charge on any atom is -0.508 e. The second-order valence-corrected chi connectivity index (χ2v) is 7.44. The number of methoxy groups -OCH3 is 1. The summed E-state index contributed by atoms with van der Waals surface area (Å²) in [7, 11) is 1.62. The second kappa shape index (κ2) is 12.1. The van der Waals surface area contributed by atoms with Gasteiger partial charge in [0.15, 0.2) is 0 Å². The lowest BCUT2D eigenvalue weighted by Crippen LogP contribution is -1.97. The number of rotatable bonds is 11. The van der Waals surface area contributed by atoms with Crippen molar-refractivity contribution in [1.29, 1.82) is 0 Å². The van der Waals surface area contributed by atoms with E-state index in [-0.39, 0.29) is 16.4 Å².